The zero-order valence-corrected chi connectivity index (χ0v) is 17.1. The number of halogens is 2. The zero-order chi connectivity index (χ0) is 21.5. The summed E-state index contributed by atoms with van der Waals surface area (Å²) in [5.41, 5.74) is 5.11. The Morgan fingerprint density at radius 1 is 1.03 bits per heavy atom. The van der Waals surface area contributed by atoms with Gasteiger partial charge in [0.25, 0.3) is 6.43 Å². The van der Waals surface area contributed by atoms with Crippen LogP contribution in [-0.2, 0) is 9.47 Å². The van der Waals surface area contributed by atoms with Gasteiger partial charge in [-0.2, -0.15) is 15.0 Å². The number of nitrogens with two attached hydrogens (primary N) is 1. The minimum absolute atomic E-state index is 0.0375. The minimum Gasteiger partial charge on any atom is -0.377 e. The maximum atomic E-state index is 13.7. The first-order valence-electron chi connectivity index (χ1n) is 10.4. The second kappa shape index (κ2) is 8.08. The van der Waals surface area contributed by atoms with Crippen LogP contribution in [0.25, 0.3) is 11.4 Å². The lowest BCUT2D eigenvalue weighted by Gasteiger charge is -2.36. The number of hydrogen-bond acceptors (Lipinski definition) is 10. The van der Waals surface area contributed by atoms with Crippen LogP contribution in [0.4, 0.5) is 26.6 Å². The predicted octanol–water partition coefficient (Wildman–Crippen LogP) is 1.44. The van der Waals surface area contributed by atoms with Crippen molar-refractivity contribution in [1.29, 1.82) is 0 Å². The summed E-state index contributed by atoms with van der Waals surface area (Å²) in [4.78, 5) is 25.7. The third-order valence-electron chi connectivity index (χ3n) is 5.99. The van der Waals surface area contributed by atoms with Crippen LogP contribution < -0.4 is 15.5 Å². The molecule has 0 aromatic carbocycles. The van der Waals surface area contributed by atoms with Gasteiger partial charge in [0.05, 0.1) is 50.1 Å². The lowest BCUT2D eigenvalue weighted by molar-refractivity contribution is 0.0895. The molecule has 0 spiro atoms. The fourth-order valence-electron chi connectivity index (χ4n) is 4.45. The summed E-state index contributed by atoms with van der Waals surface area (Å²) in [6.45, 7) is 4.86. The molecule has 3 aliphatic rings. The quantitative estimate of drug-likeness (QED) is 0.758. The number of aromatic nitrogens is 5. The molecule has 2 aromatic rings. The maximum absolute atomic E-state index is 13.7. The first-order valence-corrected chi connectivity index (χ1v) is 10.4. The molecule has 3 unspecified atom stereocenters. The van der Waals surface area contributed by atoms with E-state index in [-0.39, 0.29) is 35.5 Å². The largest absolute Gasteiger partial charge is 0.377 e. The fraction of sp³-hybridized carbons (Fsp3) is 0.632. The first-order chi connectivity index (χ1) is 15.0. The van der Waals surface area contributed by atoms with Crippen LogP contribution in [0, 0.1) is 0 Å². The van der Waals surface area contributed by atoms with Crippen molar-refractivity contribution < 1.29 is 18.3 Å². The van der Waals surface area contributed by atoms with Gasteiger partial charge in [-0.1, -0.05) is 0 Å². The average Bonchev–Trinajstić information content (AvgIpc) is 3.02. The van der Waals surface area contributed by atoms with Crippen molar-refractivity contribution in [2.24, 2.45) is 0 Å². The van der Waals surface area contributed by atoms with E-state index >= 15 is 0 Å². The smallest absolute Gasteiger partial charge is 0.281 e. The highest BCUT2D eigenvalue weighted by atomic mass is 19.3. The molecule has 2 aromatic heterocycles. The van der Waals surface area contributed by atoms with E-state index in [9.17, 15) is 8.78 Å². The van der Waals surface area contributed by atoms with Crippen molar-refractivity contribution >= 4 is 17.8 Å². The van der Waals surface area contributed by atoms with Gasteiger partial charge in [-0.05, 0) is 19.8 Å². The summed E-state index contributed by atoms with van der Waals surface area (Å²) in [7, 11) is 0. The maximum Gasteiger partial charge on any atom is 0.281 e. The molecule has 12 heteroatoms. The Bertz CT molecular complexity index is 949. The highest BCUT2D eigenvalue weighted by molar-refractivity contribution is 5.62. The molecule has 3 saturated heterocycles. The minimum atomic E-state index is -2.84. The highest BCUT2D eigenvalue weighted by Crippen LogP contribution is 2.35. The third-order valence-corrected chi connectivity index (χ3v) is 5.99. The van der Waals surface area contributed by atoms with E-state index in [1.54, 1.807) is 0 Å². The topological polar surface area (TPSA) is 115 Å². The van der Waals surface area contributed by atoms with Gasteiger partial charge in [0.15, 0.2) is 5.82 Å². The van der Waals surface area contributed by atoms with Crippen molar-refractivity contribution in [2.45, 2.75) is 44.3 Å². The van der Waals surface area contributed by atoms with Crippen molar-refractivity contribution in [3.8, 4) is 11.4 Å². The Balaban J connectivity index is 1.64. The van der Waals surface area contributed by atoms with Crippen molar-refractivity contribution in [1.82, 2.24) is 24.9 Å². The van der Waals surface area contributed by atoms with Gasteiger partial charge in [-0.3, -0.25) is 0 Å². The average molecular weight is 434 g/mol. The molecular formula is C19H24F2N8O2. The predicted molar refractivity (Wildman–Crippen MR) is 108 cm³/mol. The van der Waals surface area contributed by atoms with Crippen LogP contribution in [0.5, 0.6) is 0 Å². The number of anilines is 3. The van der Waals surface area contributed by atoms with Crippen LogP contribution in [-0.4, -0.2) is 76.0 Å². The van der Waals surface area contributed by atoms with E-state index in [0.717, 1.165) is 12.8 Å². The summed E-state index contributed by atoms with van der Waals surface area (Å²) >= 11 is 0. The molecule has 10 nitrogen and oxygen atoms in total. The number of fused-ring (bicyclic) bond motifs is 2. The van der Waals surface area contributed by atoms with Gasteiger partial charge >= 0.3 is 0 Å². The lowest BCUT2D eigenvalue weighted by Crippen LogP contribution is -2.48. The number of morpholine rings is 2. The Morgan fingerprint density at radius 3 is 2.48 bits per heavy atom. The molecule has 5 heterocycles. The van der Waals surface area contributed by atoms with Gasteiger partial charge < -0.3 is 25.0 Å². The zero-order valence-electron chi connectivity index (χ0n) is 17.1. The third kappa shape index (κ3) is 3.74. The van der Waals surface area contributed by atoms with E-state index in [0.29, 0.717) is 44.9 Å². The van der Waals surface area contributed by atoms with E-state index < -0.39 is 12.1 Å². The van der Waals surface area contributed by atoms with E-state index in [4.69, 9.17) is 20.2 Å². The molecule has 31 heavy (non-hydrogen) atoms. The van der Waals surface area contributed by atoms with Gasteiger partial charge in [0.2, 0.25) is 17.8 Å². The molecule has 0 aliphatic carbocycles. The number of alkyl halides is 2. The van der Waals surface area contributed by atoms with Crippen LogP contribution >= 0.6 is 0 Å². The molecule has 0 amide bonds. The van der Waals surface area contributed by atoms with Crippen molar-refractivity contribution in [2.75, 3.05) is 48.5 Å². The van der Waals surface area contributed by atoms with E-state index in [1.807, 2.05) is 11.8 Å². The highest BCUT2D eigenvalue weighted by Gasteiger charge is 2.40. The number of ether oxygens (including phenoxy) is 2. The molecule has 3 fully saturated rings. The molecule has 3 aliphatic heterocycles. The molecule has 0 saturated carbocycles. The SMILES string of the molecule is CC1COCCN1c1nc(-c2cnc(N)nc2C(F)F)nc(N2C3CCC2COC3)n1. The molecule has 2 bridgehead atoms. The number of nitrogens with zero attached hydrogens (tertiary/aromatic N) is 7. The summed E-state index contributed by atoms with van der Waals surface area (Å²) in [5, 5.41) is 0. The standard InChI is InChI=1S/C19H24F2N8O2/c1-10-7-30-5-4-28(10)18-25-16(13-6-23-17(22)24-14(13)15(20)21)26-19(27-18)29-11-2-3-12(29)9-31-8-11/h6,10-12,15H,2-5,7-9H2,1H3,(H2,22,23,24). The fourth-order valence-corrected chi connectivity index (χ4v) is 4.45. The van der Waals surface area contributed by atoms with Crippen LogP contribution in [0.2, 0.25) is 0 Å². The monoisotopic (exact) mass is 434 g/mol. The van der Waals surface area contributed by atoms with E-state index in [2.05, 4.69) is 24.8 Å². The van der Waals surface area contributed by atoms with Crippen LogP contribution in [0.3, 0.4) is 0 Å². The van der Waals surface area contributed by atoms with Crippen LogP contribution in [0.1, 0.15) is 31.9 Å². The van der Waals surface area contributed by atoms with Gasteiger partial charge in [-0.15, -0.1) is 0 Å². The Morgan fingerprint density at radius 2 is 1.77 bits per heavy atom. The Kier molecular flexibility index (Phi) is 5.26. The van der Waals surface area contributed by atoms with Crippen molar-refractivity contribution in [3.63, 3.8) is 0 Å². The summed E-state index contributed by atoms with van der Waals surface area (Å²) in [6, 6.07) is 0.345. The summed E-state index contributed by atoms with van der Waals surface area (Å²) in [5.74, 6) is 0.784. The van der Waals surface area contributed by atoms with Gasteiger partial charge in [0.1, 0.15) is 5.69 Å². The van der Waals surface area contributed by atoms with Gasteiger partial charge in [-0.25, -0.2) is 18.7 Å². The number of hydrogen-bond donors (Lipinski definition) is 1. The van der Waals surface area contributed by atoms with E-state index in [1.165, 1.54) is 6.20 Å². The lowest BCUT2D eigenvalue weighted by atomic mass is 10.2. The summed E-state index contributed by atoms with van der Waals surface area (Å²) < 4.78 is 38.7. The molecule has 2 N–H and O–H groups in total. The molecule has 5 rings (SSSR count). The van der Waals surface area contributed by atoms with Crippen LogP contribution in [0.15, 0.2) is 6.20 Å². The van der Waals surface area contributed by atoms with Gasteiger partial charge in [0, 0.05) is 12.7 Å². The second-order valence-corrected chi connectivity index (χ2v) is 8.03. The molecule has 166 valence electrons. The Labute approximate surface area is 177 Å². The molecule has 0 radical (unpaired) electrons. The number of nitrogen functional groups attached to an aromatic ring is 1. The first kappa shape index (κ1) is 20.2. The molecule has 3 atom stereocenters. The number of rotatable bonds is 4. The normalized spacial score (nSPS) is 26.0. The van der Waals surface area contributed by atoms with Crippen molar-refractivity contribution in [3.05, 3.63) is 11.9 Å². The Hall–Kier alpha value is -2.73. The second-order valence-electron chi connectivity index (χ2n) is 8.03. The molecular weight excluding hydrogens is 410 g/mol. The summed E-state index contributed by atoms with van der Waals surface area (Å²) in [6.07, 6.45) is 0.360.